The molecule has 66 valence electrons. The number of hydrogen-bond acceptors (Lipinski definition) is 1. The van der Waals surface area contributed by atoms with Crippen LogP contribution in [0.15, 0.2) is 18.2 Å². The molecule has 0 bridgehead atoms. The Labute approximate surface area is 72.8 Å². The second kappa shape index (κ2) is 3.68. The van der Waals surface area contributed by atoms with E-state index in [0.717, 1.165) is 11.1 Å². The van der Waals surface area contributed by atoms with Crippen LogP contribution in [-0.2, 0) is 6.54 Å². The number of benzene rings is 1. The lowest BCUT2D eigenvalue weighted by molar-refractivity contribution is 0.392. The highest BCUT2D eigenvalue weighted by Crippen LogP contribution is 2.10. The van der Waals surface area contributed by atoms with E-state index in [1.54, 1.807) is 6.07 Å². The van der Waals surface area contributed by atoms with Crippen LogP contribution in [0, 0.1) is 12.7 Å². The van der Waals surface area contributed by atoms with Crippen LogP contribution in [0.3, 0.4) is 0 Å². The molecule has 0 aromatic heterocycles. The van der Waals surface area contributed by atoms with Crippen LogP contribution < -0.4 is 0 Å². The van der Waals surface area contributed by atoms with Gasteiger partial charge < -0.3 is 4.90 Å². The van der Waals surface area contributed by atoms with Gasteiger partial charge in [0.1, 0.15) is 5.82 Å². The van der Waals surface area contributed by atoms with E-state index in [4.69, 9.17) is 0 Å². The predicted octanol–water partition coefficient (Wildman–Crippen LogP) is 2.20. The Bertz CT molecular complexity index is 269. The zero-order valence-electron chi connectivity index (χ0n) is 7.76. The summed E-state index contributed by atoms with van der Waals surface area (Å²) in [7, 11) is 3.86. The standard InChI is InChI=1S/C10H14FN/c1-8-4-5-9(7-12(2)3)10(11)6-8/h4-6H,7H2,1-3H3. The van der Waals surface area contributed by atoms with Gasteiger partial charge in [0.25, 0.3) is 0 Å². The van der Waals surface area contributed by atoms with Crippen molar-refractivity contribution in [3.05, 3.63) is 35.1 Å². The minimum absolute atomic E-state index is 0.108. The van der Waals surface area contributed by atoms with Crippen molar-refractivity contribution in [1.82, 2.24) is 4.90 Å². The molecular weight excluding hydrogens is 153 g/mol. The van der Waals surface area contributed by atoms with Crippen molar-refractivity contribution in [2.24, 2.45) is 0 Å². The molecule has 0 amide bonds. The van der Waals surface area contributed by atoms with Crippen LogP contribution >= 0.6 is 0 Å². The number of rotatable bonds is 2. The molecule has 1 aromatic carbocycles. The van der Waals surface area contributed by atoms with E-state index < -0.39 is 0 Å². The van der Waals surface area contributed by atoms with Gasteiger partial charge in [-0.15, -0.1) is 0 Å². The maximum absolute atomic E-state index is 13.2. The van der Waals surface area contributed by atoms with E-state index in [1.807, 2.05) is 38.1 Å². The topological polar surface area (TPSA) is 3.24 Å². The predicted molar refractivity (Wildman–Crippen MR) is 48.5 cm³/mol. The Balaban J connectivity index is 2.86. The summed E-state index contributed by atoms with van der Waals surface area (Å²) in [5.74, 6) is -0.108. The second-order valence-corrected chi connectivity index (χ2v) is 3.33. The summed E-state index contributed by atoms with van der Waals surface area (Å²) < 4.78 is 13.2. The van der Waals surface area contributed by atoms with Crippen molar-refractivity contribution in [3.8, 4) is 0 Å². The zero-order valence-corrected chi connectivity index (χ0v) is 7.76. The number of nitrogens with zero attached hydrogens (tertiary/aromatic N) is 1. The van der Waals surface area contributed by atoms with Gasteiger partial charge in [0.05, 0.1) is 0 Å². The number of halogens is 1. The summed E-state index contributed by atoms with van der Waals surface area (Å²) >= 11 is 0. The lowest BCUT2D eigenvalue weighted by Crippen LogP contribution is -2.11. The van der Waals surface area contributed by atoms with E-state index in [-0.39, 0.29) is 5.82 Å². The number of aryl methyl sites for hydroxylation is 1. The van der Waals surface area contributed by atoms with Crippen molar-refractivity contribution in [3.63, 3.8) is 0 Å². The largest absolute Gasteiger partial charge is 0.305 e. The van der Waals surface area contributed by atoms with Gasteiger partial charge >= 0.3 is 0 Å². The first kappa shape index (κ1) is 9.20. The highest BCUT2D eigenvalue weighted by atomic mass is 19.1. The second-order valence-electron chi connectivity index (χ2n) is 3.33. The first-order valence-electron chi connectivity index (χ1n) is 3.99. The fraction of sp³-hybridized carbons (Fsp3) is 0.400. The first-order chi connectivity index (χ1) is 5.59. The molecule has 2 heteroatoms. The van der Waals surface area contributed by atoms with Crippen molar-refractivity contribution in [2.75, 3.05) is 14.1 Å². The minimum atomic E-state index is -0.108. The molecule has 12 heavy (non-hydrogen) atoms. The van der Waals surface area contributed by atoms with Crippen LogP contribution in [-0.4, -0.2) is 19.0 Å². The van der Waals surface area contributed by atoms with Crippen molar-refractivity contribution < 1.29 is 4.39 Å². The molecule has 0 atom stereocenters. The zero-order chi connectivity index (χ0) is 9.14. The first-order valence-corrected chi connectivity index (χ1v) is 3.99. The SMILES string of the molecule is Cc1ccc(CN(C)C)c(F)c1. The van der Waals surface area contributed by atoms with E-state index in [2.05, 4.69) is 0 Å². The Kier molecular flexibility index (Phi) is 2.82. The van der Waals surface area contributed by atoms with Gasteiger partial charge in [-0.1, -0.05) is 12.1 Å². The summed E-state index contributed by atoms with van der Waals surface area (Å²) in [6.45, 7) is 2.55. The molecule has 0 N–H and O–H groups in total. The van der Waals surface area contributed by atoms with E-state index in [0.29, 0.717) is 6.54 Å². The molecule has 0 heterocycles. The fourth-order valence-corrected chi connectivity index (χ4v) is 1.12. The molecule has 0 aliphatic heterocycles. The number of hydrogen-bond donors (Lipinski definition) is 0. The van der Waals surface area contributed by atoms with Gasteiger partial charge in [-0.25, -0.2) is 4.39 Å². The fourth-order valence-electron chi connectivity index (χ4n) is 1.12. The van der Waals surface area contributed by atoms with E-state index in [9.17, 15) is 4.39 Å². The van der Waals surface area contributed by atoms with Crippen LogP contribution in [0.25, 0.3) is 0 Å². The normalized spacial score (nSPS) is 10.8. The summed E-state index contributed by atoms with van der Waals surface area (Å²) in [6, 6.07) is 5.34. The van der Waals surface area contributed by atoms with E-state index in [1.165, 1.54) is 0 Å². The third-order valence-electron chi connectivity index (χ3n) is 1.70. The van der Waals surface area contributed by atoms with Crippen LogP contribution in [0.4, 0.5) is 4.39 Å². The lowest BCUT2D eigenvalue weighted by Gasteiger charge is -2.10. The maximum atomic E-state index is 13.2. The molecule has 0 saturated heterocycles. The average molecular weight is 167 g/mol. The molecule has 0 aliphatic carbocycles. The molecule has 0 aliphatic rings. The lowest BCUT2D eigenvalue weighted by atomic mass is 10.1. The molecule has 0 saturated carbocycles. The van der Waals surface area contributed by atoms with Gasteiger partial charge in [0, 0.05) is 12.1 Å². The molecule has 0 radical (unpaired) electrons. The van der Waals surface area contributed by atoms with E-state index >= 15 is 0 Å². The van der Waals surface area contributed by atoms with Crippen LogP contribution in [0.2, 0.25) is 0 Å². The summed E-state index contributed by atoms with van der Waals surface area (Å²) in [5.41, 5.74) is 1.72. The third kappa shape index (κ3) is 2.31. The maximum Gasteiger partial charge on any atom is 0.127 e. The molecule has 1 nitrogen and oxygen atoms in total. The molecule has 1 rings (SSSR count). The smallest absolute Gasteiger partial charge is 0.127 e. The summed E-state index contributed by atoms with van der Waals surface area (Å²) in [6.07, 6.45) is 0. The molecule has 0 spiro atoms. The van der Waals surface area contributed by atoms with Gasteiger partial charge in [0.15, 0.2) is 0 Å². The molecule has 1 aromatic rings. The highest BCUT2D eigenvalue weighted by molar-refractivity contribution is 5.23. The Hall–Kier alpha value is -0.890. The van der Waals surface area contributed by atoms with Gasteiger partial charge in [-0.05, 0) is 32.6 Å². The van der Waals surface area contributed by atoms with Crippen LogP contribution in [0.5, 0.6) is 0 Å². The van der Waals surface area contributed by atoms with Crippen molar-refractivity contribution in [2.45, 2.75) is 13.5 Å². The highest BCUT2D eigenvalue weighted by Gasteiger charge is 2.02. The van der Waals surface area contributed by atoms with Gasteiger partial charge in [0.2, 0.25) is 0 Å². The monoisotopic (exact) mass is 167 g/mol. The Morgan fingerprint density at radius 1 is 1.33 bits per heavy atom. The summed E-state index contributed by atoms with van der Waals surface area (Å²) in [5, 5.41) is 0. The summed E-state index contributed by atoms with van der Waals surface area (Å²) in [4.78, 5) is 1.95. The minimum Gasteiger partial charge on any atom is -0.305 e. The van der Waals surface area contributed by atoms with Crippen LogP contribution in [0.1, 0.15) is 11.1 Å². The molecule has 0 fully saturated rings. The Morgan fingerprint density at radius 3 is 2.50 bits per heavy atom. The molecule has 0 unspecified atom stereocenters. The molecular formula is C10H14FN. The Morgan fingerprint density at radius 2 is 2.00 bits per heavy atom. The van der Waals surface area contributed by atoms with Gasteiger partial charge in [-0.2, -0.15) is 0 Å². The third-order valence-corrected chi connectivity index (χ3v) is 1.70. The van der Waals surface area contributed by atoms with Crippen molar-refractivity contribution >= 4 is 0 Å². The average Bonchev–Trinajstić information content (AvgIpc) is 1.94. The quantitative estimate of drug-likeness (QED) is 0.652. The van der Waals surface area contributed by atoms with Gasteiger partial charge in [-0.3, -0.25) is 0 Å². The van der Waals surface area contributed by atoms with Crippen molar-refractivity contribution in [1.29, 1.82) is 0 Å².